The number of anilines is 3. The molecule has 3 aromatic carbocycles. The minimum atomic E-state index is -1.05. The Kier molecular flexibility index (Phi) is 6.98. The van der Waals surface area contributed by atoms with Crippen molar-refractivity contribution in [2.45, 2.75) is 19.3 Å². The molecule has 0 aliphatic carbocycles. The van der Waals surface area contributed by atoms with Gasteiger partial charge in [-0.2, -0.15) is 0 Å². The molecule has 4 rings (SSSR count). The summed E-state index contributed by atoms with van der Waals surface area (Å²) < 4.78 is 5.37. The van der Waals surface area contributed by atoms with Gasteiger partial charge in [0, 0.05) is 32.1 Å². The van der Waals surface area contributed by atoms with Crippen molar-refractivity contribution in [2.24, 2.45) is 0 Å². The molecule has 9 heteroatoms. The van der Waals surface area contributed by atoms with E-state index < -0.39 is 18.3 Å². The third-order valence-electron chi connectivity index (χ3n) is 5.13. The number of amides is 1. The third-order valence-corrected chi connectivity index (χ3v) is 5.89. The van der Waals surface area contributed by atoms with Gasteiger partial charge in [0.25, 0.3) is 5.91 Å². The molecule has 2 unspecified atom stereocenters. The minimum absolute atomic E-state index is 0.168. The van der Waals surface area contributed by atoms with Gasteiger partial charge in [-0.15, -0.1) is 0 Å². The van der Waals surface area contributed by atoms with Gasteiger partial charge < -0.3 is 15.0 Å². The first-order chi connectivity index (χ1) is 15.9. The number of hydrogen-bond donors (Lipinski definition) is 1. The molecule has 1 N–H and O–H groups in total. The fourth-order valence-electron chi connectivity index (χ4n) is 3.68. The predicted octanol–water partition coefficient (Wildman–Crippen LogP) is 5.83. The van der Waals surface area contributed by atoms with Gasteiger partial charge in [-0.3, -0.25) is 9.69 Å². The van der Waals surface area contributed by atoms with Crippen LogP contribution < -0.4 is 15.1 Å². The van der Waals surface area contributed by atoms with Crippen LogP contribution in [0, 0.1) is 0 Å². The number of ether oxygens (including phenoxy) is 1. The summed E-state index contributed by atoms with van der Waals surface area (Å²) in [6, 6.07) is 20.6. The van der Waals surface area contributed by atoms with Crippen LogP contribution in [0.3, 0.4) is 0 Å². The van der Waals surface area contributed by atoms with Gasteiger partial charge in [-0.05, 0) is 79.7 Å². The van der Waals surface area contributed by atoms with E-state index in [2.05, 4.69) is 5.32 Å². The standard InChI is InChI=1S/C24H20Cl3N3O3/c1-2-33-24(32)22-29(19-11-5-16(26)6-12-19)21(28-18-9-3-15(25)4-10-18)23(31)30(22)20-13-7-17(27)8-14-20/h3-14,21-22,28H,2H2,1H3. The maximum Gasteiger partial charge on any atom is 0.350 e. The topological polar surface area (TPSA) is 61.9 Å². The number of rotatable bonds is 6. The molecule has 0 aromatic heterocycles. The highest BCUT2D eigenvalue weighted by Crippen LogP contribution is 2.35. The number of nitrogens with zero attached hydrogens (tertiary/aromatic N) is 2. The summed E-state index contributed by atoms with van der Waals surface area (Å²) >= 11 is 18.2. The number of benzene rings is 3. The largest absolute Gasteiger partial charge is 0.463 e. The zero-order chi connectivity index (χ0) is 23.5. The van der Waals surface area contributed by atoms with Crippen LogP contribution in [0.5, 0.6) is 0 Å². The molecule has 0 spiro atoms. The Labute approximate surface area is 206 Å². The van der Waals surface area contributed by atoms with Crippen LogP contribution in [0.2, 0.25) is 15.1 Å². The highest BCUT2D eigenvalue weighted by molar-refractivity contribution is 6.31. The zero-order valence-electron chi connectivity index (χ0n) is 17.5. The van der Waals surface area contributed by atoms with Crippen molar-refractivity contribution in [1.82, 2.24) is 0 Å². The monoisotopic (exact) mass is 503 g/mol. The molecule has 1 fully saturated rings. The molecule has 2 atom stereocenters. The smallest absolute Gasteiger partial charge is 0.350 e. The van der Waals surface area contributed by atoms with Gasteiger partial charge in [-0.1, -0.05) is 34.8 Å². The first kappa shape index (κ1) is 23.2. The predicted molar refractivity (Wildman–Crippen MR) is 132 cm³/mol. The molecule has 3 aromatic rings. The molecule has 0 bridgehead atoms. The van der Waals surface area contributed by atoms with Gasteiger partial charge in [-0.25, -0.2) is 4.79 Å². The lowest BCUT2D eigenvalue weighted by molar-refractivity contribution is -0.144. The fraction of sp³-hybridized carbons (Fsp3) is 0.167. The van der Waals surface area contributed by atoms with E-state index in [4.69, 9.17) is 39.5 Å². The van der Waals surface area contributed by atoms with Crippen LogP contribution in [0.25, 0.3) is 0 Å². The minimum Gasteiger partial charge on any atom is -0.463 e. The van der Waals surface area contributed by atoms with Gasteiger partial charge >= 0.3 is 5.97 Å². The molecule has 1 amide bonds. The average Bonchev–Trinajstić information content (AvgIpc) is 3.09. The Hall–Kier alpha value is -2.93. The quantitative estimate of drug-likeness (QED) is 0.428. The van der Waals surface area contributed by atoms with Crippen molar-refractivity contribution in [3.63, 3.8) is 0 Å². The van der Waals surface area contributed by atoms with Gasteiger partial charge in [0.2, 0.25) is 6.17 Å². The molecule has 1 aliphatic heterocycles. The van der Waals surface area contributed by atoms with Crippen molar-refractivity contribution in [3.8, 4) is 0 Å². The van der Waals surface area contributed by atoms with Crippen LogP contribution in [0.15, 0.2) is 72.8 Å². The van der Waals surface area contributed by atoms with Crippen LogP contribution in [0.1, 0.15) is 6.92 Å². The second kappa shape index (κ2) is 9.91. The van der Waals surface area contributed by atoms with E-state index in [1.54, 1.807) is 84.6 Å². The summed E-state index contributed by atoms with van der Waals surface area (Å²) in [4.78, 5) is 30.0. The van der Waals surface area contributed by atoms with Gasteiger partial charge in [0.15, 0.2) is 6.17 Å². The summed E-state index contributed by atoms with van der Waals surface area (Å²) in [5, 5.41) is 4.85. The first-order valence-electron chi connectivity index (χ1n) is 10.2. The Balaban J connectivity index is 1.83. The van der Waals surface area contributed by atoms with E-state index in [0.717, 1.165) is 0 Å². The molecule has 1 aliphatic rings. The number of halogens is 3. The van der Waals surface area contributed by atoms with E-state index in [0.29, 0.717) is 32.1 Å². The van der Waals surface area contributed by atoms with E-state index in [1.807, 2.05) is 0 Å². The molecule has 0 saturated carbocycles. The lowest BCUT2D eigenvalue weighted by atomic mass is 10.2. The van der Waals surface area contributed by atoms with Gasteiger partial charge in [0.1, 0.15) is 0 Å². The van der Waals surface area contributed by atoms with Crippen LogP contribution in [-0.2, 0) is 14.3 Å². The molecule has 170 valence electrons. The summed E-state index contributed by atoms with van der Waals surface area (Å²) in [7, 11) is 0. The second-order valence-electron chi connectivity index (χ2n) is 7.25. The highest BCUT2D eigenvalue weighted by Gasteiger charge is 2.51. The first-order valence-corrected chi connectivity index (χ1v) is 11.3. The lowest BCUT2D eigenvalue weighted by Crippen LogP contribution is -2.49. The van der Waals surface area contributed by atoms with E-state index in [1.165, 1.54) is 4.90 Å². The van der Waals surface area contributed by atoms with Crippen LogP contribution in [0.4, 0.5) is 17.1 Å². The van der Waals surface area contributed by atoms with E-state index in [-0.39, 0.29) is 12.5 Å². The molecule has 1 saturated heterocycles. The van der Waals surface area contributed by atoms with E-state index in [9.17, 15) is 9.59 Å². The Morgan fingerprint density at radius 2 is 1.33 bits per heavy atom. The third kappa shape index (κ3) is 4.88. The number of nitrogens with one attached hydrogen (secondary N) is 1. The molecule has 33 heavy (non-hydrogen) atoms. The van der Waals surface area contributed by atoms with Crippen molar-refractivity contribution < 1.29 is 14.3 Å². The van der Waals surface area contributed by atoms with Crippen molar-refractivity contribution >= 4 is 63.7 Å². The molecule has 0 radical (unpaired) electrons. The normalized spacial score (nSPS) is 17.9. The maximum absolute atomic E-state index is 13.8. The summed E-state index contributed by atoms with van der Waals surface area (Å²) in [6.45, 7) is 1.89. The molecular formula is C24H20Cl3N3O3. The number of esters is 1. The zero-order valence-corrected chi connectivity index (χ0v) is 19.8. The number of carbonyl (C=O) groups is 2. The van der Waals surface area contributed by atoms with Gasteiger partial charge in [0.05, 0.1) is 6.61 Å². The van der Waals surface area contributed by atoms with Crippen molar-refractivity contribution in [2.75, 3.05) is 21.7 Å². The molecule has 1 heterocycles. The maximum atomic E-state index is 13.8. The second-order valence-corrected chi connectivity index (χ2v) is 8.56. The molecule has 6 nitrogen and oxygen atoms in total. The Morgan fingerprint density at radius 3 is 1.85 bits per heavy atom. The van der Waals surface area contributed by atoms with Crippen molar-refractivity contribution in [1.29, 1.82) is 0 Å². The number of carbonyl (C=O) groups excluding carboxylic acids is 2. The summed E-state index contributed by atoms with van der Waals surface area (Å²) in [5.74, 6) is -0.892. The van der Waals surface area contributed by atoms with E-state index >= 15 is 0 Å². The Bertz CT molecular complexity index is 1140. The van der Waals surface area contributed by atoms with Crippen LogP contribution in [-0.4, -0.2) is 30.8 Å². The SMILES string of the molecule is CCOC(=O)C1N(c2ccc(Cl)cc2)C(=O)C(Nc2ccc(Cl)cc2)N1c1ccc(Cl)cc1. The van der Waals surface area contributed by atoms with Crippen molar-refractivity contribution in [3.05, 3.63) is 87.9 Å². The number of hydrogen-bond acceptors (Lipinski definition) is 5. The highest BCUT2D eigenvalue weighted by atomic mass is 35.5. The summed E-state index contributed by atoms with van der Waals surface area (Å²) in [5.41, 5.74) is 1.80. The lowest BCUT2D eigenvalue weighted by Gasteiger charge is -2.31. The molecular weight excluding hydrogens is 485 g/mol. The Morgan fingerprint density at radius 1 is 0.848 bits per heavy atom. The fourth-order valence-corrected chi connectivity index (χ4v) is 4.06. The average molecular weight is 505 g/mol. The van der Waals surface area contributed by atoms with Crippen LogP contribution >= 0.6 is 34.8 Å². The summed E-state index contributed by atoms with van der Waals surface area (Å²) in [6.07, 6.45) is -1.96.